The molecule has 1 aromatic heterocycles. The number of carbonyl (C=O) groups excluding carboxylic acids is 1. The topological polar surface area (TPSA) is 123 Å². The SMILES string of the molecule is Cc1cn([C@@H]2O[C@@]3(CO)COC2C3CO)c(=O)nc1NC(=O)c1ccccc1. The lowest BCUT2D eigenvalue weighted by Gasteiger charge is -2.30. The molecule has 0 spiro atoms. The third-order valence-electron chi connectivity index (χ3n) is 5.37. The fourth-order valence-corrected chi connectivity index (χ4v) is 3.80. The third-order valence-corrected chi connectivity index (χ3v) is 5.37. The van der Waals surface area contributed by atoms with Crippen LogP contribution in [0.3, 0.4) is 0 Å². The Balaban J connectivity index is 1.61. The van der Waals surface area contributed by atoms with Gasteiger partial charge in [-0.05, 0) is 19.1 Å². The standard InChI is InChI=1S/C19H21N3O6/c1-11-7-22(17-14-13(8-23)19(9-24,28-17)10-27-14)18(26)21-15(11)20-16(25)12-5-3-2-4-6-12/h2-7,13-14,17,23-24H,8-10H2,1H3,(H,20,21,25,26)/t13?,14?,17-,19+/m1/s1. The van der Waals surface area contributed by atoms with Crippen LogP contribution < -0.4 is 11.0 Å². The lowest BCUT2D eigenvalue weighted by molar-refractivity contribution is -0.186. The molecule has 1 amide bonds. The van der Waals surface area contributed by atoms with Crippen molar-refractivity contribution in [2.45, 2.75) is 24.9 Å². The molecule has 0 aliphatic carbocycles. The van der Waals surface area contributed by atoms with Gasteiger partial charge in [-0.2, -0.15) is 4.98 Å². The summed E-state index contributed by atoms with van der Waals surface area (Å²) < 4.78 is 12.9. The van der Waals surface area contributed by atoms with Crippen LogP contribution in [-0.2, 0) is 9.47 Å². The molecule has 3 N–H and O–H groups in total. The average molecular weight is 387 g/mol. The fraction of sp³-hybridized carbons (Fsp3) is 0.421. The molecule has 0 saturated carbocycles. The maximum absolute atomic E-state index is 12.6. The van der Waals surface area contributed by atoms with Gasteiger partial charge in [-0.15, -0.1) is 0 Å². The van der Waals surface area contributed by atoms with Crippen molar-refractivity contribution in [1.29, 1.82) is 0 Å². The Morgan fingerprint density at radius 3 is 2.75 bits per heavy atom. The van der Waals surface area contributed by atoms with E-state index in [9.17, 15) is 19.8 Å². The van der Waals surface area contributed by atoms with Gasteiger partial charge in [0.05, 0.1) is 19.8 Å². The van der Waals surface area contributed by atoms with Crippen LogP contribution in [0.25, 0.3) is 0 Å². The largest absolute Gasteiger partial charge is 0.396 e. The summed E-state index contributed by atoms with van der Waals surface area (Å²) in [6.45, 7) is 1.32. The van der Waals surface area contributed by atoms with Crippen molar-refractivity contribution in [1.82, 2.24) is 9.55 Å². The minimum absolute atomic E-state index is 0.155. The lowest BCUT2D eigenvalue weighted by Crippen LogP contribution is -2.43. The maximum atomic E-state index is 12.6. The molecule has 4 atom stereocenters. The van der Waals surface area contributed by atoms with E-state index < -0.39 is 29.5 Å². The highest BCUT2D eigenvalue weighted by Gasteiger charge is 2.61. The second-order valence-electron chi connectivity index (χ2n) is 7.08. The van der Waals surface area contributed by atoms with Crippen molar-refractivity contribution in [3.8, 4) is 0 Å². The zero-order valence-electron chi connectivity index (χ0n) is 15.2. The van der Waals surface area contributed by atoms with Crippen molar-refractivity contribution in [3.05, 3.63) is 58.1 Å². The van der Waals surface area contributed by atoms with Gasteiger partial charge in [-0.3, -0.25) is 9.36 Å². The molecule has 2 unspecified atom stereocenters. The predicted molar refractivity (Wildman–Crippen MR) is 97.9 cm³/mol. The second-order valence-corrected chi connectivity index (χ2v) is 7.08. The van der Waals surface area contributed by atoms with Crippen LogP contribution in [0.4, 0.5) is 5.82 Å². The predicted octanol–water partition coefficient (Wildman–Crippen LogP) is 0.0712. The summed E-state index contributed by atoms with van der Waals surface area (Å²) >= 11 is 0. The highest BCUT2D eigenvalue weighted by molar-refractivity contribution is 6.03. The molecule has 148 valence electrons. The van der Waals surface area contributed by atoms with E-state index in [0.29, 0.717) is 11.1 Å². The molecular formula is C19H21N3O6. The van der Waals surface area contributed by atoms with E-state index in [2.05, 4.69) is 10.3 Å². The summed E-state index contributed by atoms with van der Waals surface area (Å²) in [7, 11) is 0. The van der Waals surface area contributed by atoms with Crippen molar-refractivity contribution in [3.63, 3.8) is 0 Å². The van der Waals surface area contributed by atoms with Crippen molar-refractivity contribution >= 4 is 11.7 Å². The molecule has 9 heteroatoms. The first-order valence-corrected chi connectivity index (χ1v) is 8.96. The molecule has 4 rings (SSSR count). The minimum atomic E-state index is -1.03. The number of nitrogens with one attached hydrogen (secondary N) is 1. The highest BCUT2D eigenvalue weighted by atomic mass is 16.6. The minimum Gasteiger partial charge on any atom is -0.396 e. The molecule has 9 nitrogen and oxygen atoms in total. The van der Waals surface area contributed by atoms with Crippen LogP contribution in [0.5, 0.6) is 0 Å². The number of rotatable bonds is 5. The van der Waals surface area contributed by atoms with Gasteiger partial charge in [0.1, 0.15) is 17.5 Å². The Bertz CT molecular complexity index is 946. The Morgan fingerprint density at radius 1 is 1.36 bits per heavy atom. The Labute approximate surface area is 160 Å². The molecular weight excluding hydrogens is 366 g/mol. The van der Waals surface area contributed by atoms with Gasteiger partial charge >= 0.3 is 5.69 Å². The first-order chi connectivity index (χ1) is 13.5. The number of fused-ring (bicyclic) bond motifs is 2. The molecule has 28 heavy (non-hydrogen) atoms. The normalized spacial score (nSPS) is 28.5. The summed E-state index contributed by atoms with van der Waals surface area (Å²) in [5.41, 5.74) is -0.639. The van der Waals surface area contributed by atoms with Gasteiger partial charge in [-0.25, -0.2) is 4.79 Å². The molecule has 2 fully saturated rings. The number of aryl methyl sites for hydroxylation is 1. The first-order valence-electron chi connectivity index (χ1n) is 8.96. The maximum Gasteiger partial charge on any atom is 0.351 e. The van der Waals surface area contributed by atoms with E-state index in [1.807, 2.05) is 0 Å². The van der Waals surface area contributed by atoms with E-state index >= 15 is 0 Å². The number of aliphatic hydroxyl groups excluding tert-OH is 2. The Kier molecular flexibility index (Phi) is 4.76. The number of aromatic nitrogens is 2. The summed E-state index contributed by atoms with van der Waals surface area (Å²) in [4.78, 5) is 28.9. The van der Waals surface area contributed by atoms with E-state index in [1.54, 1.807) is 37.3 Å². The quantitative estimate of drug-likeness (QED) is 0.663. The number of hydrogen-bond donors (Lipinski definition) is 3. The molecule has 1 aromatic carbocycles. The first kappa shape index (κ1) is 18.8. The molecule has 2 aliphatic heterocycles. The van der Waals surface area contributed by atoms with Crippen molar-refractivity contribution in [2.75, 3.05) is 25.1 Å². The van der Waals surface area contributed by atoms with E-state index in [0.717, 1.165) is 0 Å². The van der Waals surface area contributed by atoms with Crippen LogP contribution in [0.15, 0.2) is 41.3 Å². The molecule has 0 radical (unpaired) electrons. The number of benzene rings is 1. The van der Waals surface area contributed by atoms with E-state index in [1.165, 1.54) is 10.8 Å². The van der Waals surface area contributed by atoms with Gasteiger partial charge in [0.25, 0.3) is 5.91 Å². The van der Waals surface area contributed by atoms with Crippen molar-refractivity contribution in [2.24, 2.45) is 5.92 Å². The summed E-state index contributed by atoms with van der Waals surface area (Å²) in [6.07, 6.45) is 0.154. The number of aliphatic hydroxyl groups is 2. The van der Waals surface area contributed by atoms with Crippen LogP contribution in [0.1, 0.15) is 22.1 Å². The van der Waals surface area contributed by atoms with Crippen molar-refractivity contribution < 1.29 is 24.5 Å². The number of nitrogens with zero attached hydrogens (tertiary/aromatic N) is 2. The number of hydrogen-bond acceptors (Lipinski definition) is 7. The zero-order valence-corrected chi connectivity index (χ0v) is 15.2. The van der Waals surface area contributed by atoms with Gasteiger partial charge < -0.3 is 25.0 Å². The smallest absolute Gasteiger partial charge is 0.351 e. The fourth-order valence-electron chi connectivity index (χ4n) is 3.80. The molecule has 2 aliphatic rings. The molecule has 2 saturated heterocycles. The lowest BCUT2D eigenvalue weighted by atomic mass is 9.90. The number of amides is 1. The monoisotopic (exact) mass is 387 g/mol. The summed E-state index contributed by atoms with van der Waals surface area (Å²) in [6, 6.07) is 8.62. The Hall–Kier alpha value is -2.59. The molecule has 2 bridgehead atoms. The molecule has 2 aromatic rings. The van der Waals surface area contributed by atoms with Crippen LogP contribution >= 0.6 is 0 Å². The van der Waals surface area contributed by atoms with E-state index in [4.69, 9.17) is 9.47 Å². The third kappa shape index (κ3) is 2.92. The van der Waals surface area contributed by atoms with Crippen LogP contribution in [0, 0.1) is 12.8 Å². The number of ether oxygens (including phenoxy) is 2. The van der Waals surface area contributed by atoms with E-state index in [-0.39, 0.29) is 31.5 Å². The average Bonchev–Trinajstić information content (AvgIpc) is 3.23. The Morgan fingerprint density at radius 2 is 2.11 bits per heavy atom. The van der Waals surface area contributed by atoms with Crippen LogP contribution in [-0.4, -0.2) is 57.2 Å². The highest BCUT2D eigenvalue weighted by Crippen LogP contribution is 2.48. The summed E-state index contributed by atoms with van der Waals surface area (Å²) in [5, 5.41) is 22.0. The van der Waals surface area contributed by atoms with Gasteiger partial charge in [0, 0.05) is 23.2 Å². The van der Waals surface area contributed by atoms with Gasteiger partial charge in [0.15, 0.2) is 6.23 Å². The van der Waals surface area contributed by atoms with Crippen LogP contribution in [0.2, 0.25) is 0 Å². The number of anilines is 1. The molecule has 3 heterocycles. The zero-order chi connectivity index (χ0) is 19.9. The van der Waals surface area contributed by atoms with Gasteiger partial charge in [-0.1, -0.05) is 18.2 Å². The summed E-state index contributed by atoms with van der Waals surface area (Å²) in [5.74, 6) is -0.644. The second kappa shape index (κ2) is 7.10. The van der Waals surface area contributed by atoms with Gasteiger partial charge in [0.2, 0.25) is 0 Å². The number of carbonyl (C=O) groups is 1.